The van der Waals surface area contributed by atoms with Gasteiger partial charge in [0.05, 0.1) is 0 Å². The standard InChI is InChI=1S/C4H7FN4/c1-3(2)4-6-7-8-9(4)5/h3H,1-2H3. The summed E-state index contributed by atoms with van der Waals surface area (Å²) in [6.45, 7) is 3.64. The predicted molar refractivity (Wildman–Crippen MR) is 28.4 cm³/mol. The van der Waals surface area contributed by atoms with Crippen molar-refractivity contribution in [1.29, 1.82) is 0 Å². The average molecular weight is 130 g/mol. The molecule has 0 aliphatic heterocycles. The Kier molecular flexibility index (Phi) is 1.42. The normalized spacial score (nSPS) is 10.7. The van der Waals surface area contributed by atoms with Crippen LogP contribution in [0.1, 0.15) is 25.6 Å². The third kappa shape index (κ3) is 1.04. The molecule has 0 aliphatic carbocycles. The minimum absolute atomic E-state index is 0.0324. The van der Waals surface area contributed by atoms with E-state index in [0.717, 1.165) is 0 Å². The van der Waals surface area contributed by atoms with Gasteiger partial charge in [0.1, 0.15) is 0 Å². The number of aromatic nitrogens is 4. The van der Waals surface area contributed by atoms with Crippen LogP contribution in [0.3, 0.4) is 0 Å². The molecule has 1 aromatic rings. The third-order valence-electron chi connectivity index (χ3n) is 0.971. The summed E-state index contributed by atoms with van der Waals surface area (Å²) in [5.74, 6) is 0.292. The van der Waals surface area contributed by atoms with Crippen molar-refractivity contribution >= 4 is 0 Å². The van der Waals surface area contributed by atoms with Crippen LogP contribution >= 0.6 is 0 Å². The zero-order chi connectivity index (χ0) is 6.85. The van der Waals surface area contributed by atoms with Gasteiger partial charge in [-0.05, 0) is 10.4 Å². The average Bonchev–Trinajstić information content (AvgIpc) is 2.13. The van der Waals surface area contributed by atoms with Gasteiger partial charge in [-0.1, -0.05) is 23.2 Å². The molecule has 50 valence electrons. The Morgan fingerprint density at radius 1 is 1.56 bits per heavy atom. The molecule has 4 nitrogen and oxygen atoms in total. The van der Waals surface area contributed by atoms with E-state index in [4.69, 9.17) is 0 Å². The molecule has 0 unspecified atom stereocenters. The molecule has 0 saturated carbocycles. The van der Waals surface area contributed by atoms with E-state index in [1.807, 2.05) is 13.8 Å². The van der Waals surface area contributed by atoms with Crippen molar-refractivity contribution < 1.29 is 4.48 Å². The maximum Gasteiger partial charge on any atom is 0.189 e. The molecule has 0 aromatic carbocycles. The number of nitrogens with zero attached hydrogens (tertiary/aromatic N) is 4. The second-order valence-electron chi connectivity index (χ2n) is 2.05. The smallest absolute Gasteiger partial charge is 0.110 e. The van der Waals surface area contributed by atoms with Crippen molar-refractivity contribution in [2.75, 3.05) is 0 Å². The first-order valence-corrected chi connectivity index (χ1v) is 2.66. The van der Waals surface area contributed by atoms with E-state index in [1.165, 1.54) is 0 Å². The Balaban J connectivity index is 2.94. The lowest BCUT2D eigenvalue weighted by atomic mass is 10.2. The van der Waals surface area contributed by atoms with Crippen LogP contribution in [-0.2, 0) is 0 Å². The summed E-state index contributed by atoms with van der Waals surface area (Å²) >= 11 is 0. The summed E-state index contributed by atoms with van der Waals surface area (Å²) in [6.07, 6.45) is 0. The summed E-state index contributed by atoms with van der Waals surface area (Å²) in [4.78, 5) is 0.185. The molecule has 1 heterocycles. The highest BCUT2D eigenvalue weighted by Gasteiger charge is 2.07. The zero-order valence-electron chi connectivity index (χ0n) is 5.24. The number of hydrogen-bond donors (Lipinski definition) is 0. The van der Waals surface area contributed by atoms with Crippen molar-refractivity contribution in [3.8, 4) is 0 Å². The van der Waals surface area contributed by atoms with E-state index < -0.39 is 0 Å². The monoisotopic (exact) mass is 130 g/mol. The van der Waals surface area contributed by atoms with Crippen LogP contribution in [0, 0.1) is 0 Å². The molecule has 0 spiro atoms. The van der Waals surface area contributed by atoms with Gasteiger partial charge in [-0.3, -0.25) is 0 Å². The molecule has 0 fully saturated rings. The Hall–Kier alpha value is -1.00. The summed E-state index contributed by atoms with van der Waals surface area (Å²) in [6, 6.07) is 0. The number of halogens is 1. The predicted octanol–water partition coefficient (Wildman–Crippen LogP) is 0.529. The fourth-order valence-electron chi connectivity index (χ4n) is 0.512. The van der Waals surface area contributed by atoms with Gasteiger partial charge in [0.15, 0.2) is 5.82 Å². The molecular weight excluding hydrogens is 123 g/mol. The molecule has 0 atom stereocenters. The van der Waals surface area contributed by atoms with Gasteiger partial charge in [0.25, 0.3) is 0 Å². The molecule has 0 amide bonds. The van der Waals surface area contributed by atoms with Gasteiger partial charge in [-0.25, -0.2) is 0 Å². The first kappa shape index (κ1) is 6.12. The fourth-order valence-corrected chi connectivity index (χ4v) is 0.512. The molecule has 0 N–H and O–H groups in total. The van der Waals surface area contributed by atoms with Crippen LogP contribution in [0.2, 0.25) is 0 Å². The molecule has 0 bridgehead atoms. The van der Waals surface area contributed by atoms with Gasteiger partial charge in [0, 0.05) is 5.92 Å². The lowest BCUT2D eigenvalue weighted by Crippen LogP contribution is -1.96. The number of hydrogen-bond acceptors (Lipinski definition) is 3. The first-order valence-electron chi connectivity index (χ1n) is 2.66. The van der Waals surface area contributed by atoms with E-state index in [1.54, 1.807) is 0 Å². The molecule has 5 heteroatoms. The van der Waals surface area contributed by atoms with Crippen LogP contribution in [0.15, 0.2) is 0 Å². The quantitative estimate of drug-likeness (QED) is 0.557. The van der Waals surface area contributed by atoms with Gasteiger partial charge >= 0.3 is 0 Å². The van der Waals surface area contributed by atoms with E-state index in [2.05, 4.69) is 15.5 Å². The summed E-state index contributed by atoms with van der Waals surface area (Å²) < 4.78 is 12.3. The lowest BCUT2D eigenvalue weighted by Gasteiger charge is -1.94. The SMILES string of the molecule is CC(C)c1nnnn1F. The zero-order valence-corrected chi connectivity index (χ0v) is 5.24. The van der Waals surface area contributed by atoms with Crippen molar-refractivity contribution in [2.45, 2.75) is 19.8 Å². The van der Waals surface area contributed by atoms with E-state index >= 15 is 0 Å². The van der Waals surface area contributed by atoms with Crippen LogP contribution < -0.4 is 0 Å². The van der Waals surface area contributed by atoms with E-state index in [9.17, 15) is 4.48 Å². The Labute approximate surface area is 51.6 Å². The van der Waals surface area contributed by atoms with Crippen molar-refractivity contribution in [2.24, 2.45) is 0 Å². The minimum Gasteiger partial charge on any atom is -0.110 e. The molecule has 1 aromatic heterocycles. The van der Waals surface area contributed by atoms with Gasteiger partial charge < -0.3 is 0 Å². The topological polar surface area (TPSA) is 43.6 Å². The van der Waals surface area contributed by atoms with Crippen molar-refractivity contribution in [3.05, 3.63) is 5.82 Å². The van der Waals surface area contributed by atoms with E-state index in [-0.39, 0.29) is 16.6 Å². The second-order valence-corrected chi connectivity index (χ2v) is 2.05. The maximum absolute atomic E-state index is 12.3. The first-order chi connectivity index (χ1) is 4.22. The molecule has 0 aliphatic rings. The number of tetrazole rings is 1. The molecule has 0 saturated heterocycles. The minimum atomic E-state index is 0.0324. The van der Waals surface area contributed by atoms with E-state index in [0.29, 0.717) is 0 Å². The largest absolute Gasteiger partial charge is 0.189 e. The summed E-state index contributed by atoms with van der Waals surface area (Å²) in [7, 11) is 0. The Bertz CT molecular complexity index is 194. The highest BCUT2D eigenvalue weighted by atomic mass is 19.2. The molecule has 1 rings (SSSR count). The lowest BCUT2D eigenvalue weighted by molar-refractivity contribution is 0.288. The van der Waals surface area contributed by atoms with Crippen molar-refractivity contribution in [3.63, 3.8) is 0 Å². The molecule has 9 heavy (non-hydrogen) atoms. The number of rotatable bonds is 1. The van der Waals surface area contributed by atoms with Crippen LogP contribution in [0.4, 0.5) is 4.48 Å². The third-order valence-corrected chi connectivity index (χ3v) is 0.971. The molecular formula is C4H7FN4. The highest BCUT2D eigenvalue weighted by Crippen LogP contribution is 2.07. The van der Waals surface area contributed by atoms with Gasteiger partial charge in [-0.15, -0.1) is 5.10 Å². The molecule has 0 radical (unpaired) electrons. The van der Waals surface area contributed by atoms with Crippen LogP contribution in [-0.4, -0.2) is 20.4 Å². The van der Waals surface area contributed by atoms with Crippen LogP contribution in [0.25, 0.3) is 0 Å². The Morgan fingerprint density at radius 2 is 2.22 bits per heavy atom. The van der Waals surface area contributed by atoms with Crippen LogP contribution in [0.5, 0.6) is 0 Å². The highest BCUT2D eigenvalue weighted by molar-refractivity contribution is 4.85. The summed E-state index contributed by atoms with van der Waals surface area (Å²) in [5, 5.41) is 9.60. The van der Waals surface area contributed by atoms with Gasteiger partial charge in [0.2, 0.25) is 0 Å². The van der Waals surface area contributed by atoms with Gasteiger partial charge in [-0.2, -0.15) is 0 Å². The van der Waals surface area contributed by atoms with Crippen molar-refractivity contribution in [1.82, 2.24) is 20.4 Å². The Morgan fingerprint density at radius 3 is 2.44 bits per heavy atom. The second kappa shape index (κ2) is 2.08. The summed E-state index contributed by atoms with van der Waals surface area (Å²) in [5.41, 5.74) is 0. The maximum atomic E-state index is 12.3. The fraction of sp³-hybridized carbons (Fsp3) is 0.750.